The van der Waals surface area contributed by atoms with Crippen molar-refractivity contribution in [2.75, 3.05) is 7.11 Å². The van der Waals surface area contributed by atoms with Crippen LogP contribution in [0.2, 0.25) is 0 Å². The molecule has 4 heteroatoms. The van der Waals surface area contributed by atoms with Crippen molar-refractivity contribution in [3.05, 3.63) is 89.0 Å². The van der Waals surface area contributed by atoms with Gasteiger partial charge in [0.2, 0.25) is 0 Å². The van der Waals surface area contributed by atoms with Gasteiger partial charge in [-0.25, -0.2) is 0 Å². The van der Waals surface area contributed by atoms with Gasteiger partial charge in [-0.1, -0.05) is 30.3 Å². The number of carbonyl (C=O) groups is 1. The molecule has 0 bridgehead atoms. The Bertz CT molecular complexity index is 943. The average Bonchev–Trinajstić information content (AvgIpc) is 2.70. The van der Waals surface area contributed by atoms with Crippen molar-refractivity contribution in [1.82, 2.24) is 0 Å². The van der Waals surface area contributed by atoms with Crippen LogP contribution in [0.15, 0.2) is 66.7 Å². The molecule has 1 unspecified atom stereocenters. The Labute approximate surface area is 165 Å². The number of ether oxygens (including phenoxy) is 2. The van der Waals surface area contributed by atoms with Gasteiger partial charge in [0.1, 0.15) is 17.2 Å². The number of carboxylic acid groups (broad SMARTS) is 1. The summed E-state index contributed by atoms with van der Waals surface area (Å²) in [5.41, 5.74) is 4.10. The van der Waals surface area contributed by atoms with E-state index < -0.39 is 11.9 Å². The van der Waals surface area contributed by atoms with E-state index in [0.29, 0.717) is 12.2 Å². The van der Waals surface area contributed by atoms with Crippen molar-refractivity contribution >= 4 is 5.97 Å². The molecule has 28 heavy (non-hydrogen) atoms. The first-order chi connectivity index (χ1) is 13.5. The zero-order valence-electron chi connectivity index (χ0n) is 16.3. The summed E-state index contributed by atoms with van der Waals surface area (Å²) in [5.74, 6) is 0.764. The first-order valence-electron chi connectivity index (χ1n) is 9.17. The average molecular weight is 376 g/mol. The van der Waals surface area contributed by atoms with Crippen LogP contribution in [0, 0.1) is 13.8 Å². The van der Waals surface area contributed by atoms with E-state index in [9.17, 15) is 9.90 Å². The number of benzene rings is 3. The third-order valence-electron chi connectivity index (χ3n) is 4.89. The van der Waals surface area contributed by atoms with Crippen molar-refractivity contribution in [2.45, 2.75) is 26.2 Å². The number of methoxy groups -OCH3 is 1. The molecule has 0 aliphatic carbocycles. The number of rotatable bonds is 7. The molecule has 0 amide bonds. The van der Waals surface area contributed by atoms with Gasteiger partial charge >= 0.3 is 5.97 Å². The quantitative estimate of drug-likeness (QED) is 0.590. The minimum absolute atomic E-state index is 0.408. The summed E-state index contributed by atoms with van der Waals surface area (Å²) in [6.45, 7) is 4.12. The van der Waals surface area contributed by atoms with Crippen molar-refractivity contribution < 1.29 is 19.4 Å². The summed E-state index contributed by atoms with van der Waals surface area (Å²) in [6, 6.07) is 20.7. The number of aryl methyl sites for hydroxylation is 2. The molecule has 0 spiro atoms. The van der Waals surface area contributed by atoms with E-state index >= 15 is 0 Å². The molecule has 4 nitrogen and oxygen atoms in total. The molecule has 0 aliphatic heterocycles. The Morgan fingerprint density at radius 3 is 2.04 bits per heavy atom. The highest BCUT2D eigenvalue weighted by molar-refractivity contribution is 5.76. The van der Waals surface area contributed by atoms with Crippen molar-refractivity contribution in [3.63, 3.8) is 0 Å². The number of hydrogen-bond acceptors (Lipinski definition) is 3. The van der Waals surface area contributed by atoms with Gasteiger partial charge in [-0.05, 0) is 78.9 Å². The van der Waals surface area contributed by atoms with Gasteiger partial charge in [0.05, 0.1) is 13.0 Å². The zero-order valence-corrected chi connectivity index (χ0v) is 16.3. The van der Waals surface area contributed by atoms with E-state index in [4.69, 9.17) is 9.47 Å². The fraction of sp³-hybridized carbons (Fsp3) is 0.208. The highest BCUT2D eigenvalue weighted by Gasteiger charge is 2.20. The molecule has 3 aromatic rings. The summed E-state index contributed by atoms with van der Waals surface area (Å²) in [6.07, 6.45) is 0.408. The summed E-state index contributed by atoms with van der Waals surface area (Å²) >= 11 is 0. The Morgan fingerprint density at radius 1 is 0.857 bits per heavy atom. The third kappa shape index (κ3) is 4.71. The maximum Gasteiger partial charge on any atom is 0.311 e. The van der Waals surface area contributed by atoms with Crippen LogP contribution < -0.4 is 9.47 Å². The van der Waals surface area contributed by atoms with Crippen molar-refractivity contribution in [1.29, 1.82) is 0 Å². The van der Waals surface area contributed by atoms with Crippen LogP contribution in [0.4, 0.5) is 0 Å². The van der Waals surface area contributed by atoms with Gasteiger partial charge in [0.15, 0.2) is 0 Å². The lowest BCUT2D eigenvalue weighted by molar-refractivity contribution is -0.138. The normalized spacial score (nSPS) is 11.7. The van der Waals surface area contributed by atoms with E-state index in [1.54, 1.807) is 31.4 Å². The monoisotopic (exact) mass is 376 g/mol. The van der Waals surface area contributed by atoms with Gasteiger partial charge < -0.3 is 14.6 Å². The largest absolute Gasteiger partial charge is 0.497 e. The maximum absolute atomic E-state index is 11.8. The second-order valence-electron chi connectivity index (χ2n) is 6.86. The first kappa shape index (κ1) is 19.5. The molecule has 3 rings (SSSR count). The van der Waals surface area contributed by atoms with Crippen LogP contribution >= 0.6 is 0 Å². The van der Waals surface area contributed by atoms with Crippen LogP contribution in [0.1, 0.15) is 28.2 Å². The second kappa shape index (κ2) is 8.61. The van der Waals surface area contributed by atoms with E-state index in [1.807, 2.05) is 42.5 Å². The summed E-state index contributed by atoms with van der Waals surface area (Å²) in [5, 5.41) is 9.66. The Morgan fingerprint density at radius 2 is 1.46 bits per heavy atom. The predicted octanol–water partition coefficient (Wildman–Crippen LogP) is 5.52. The SMILES string of the molecule is COc1ccc(C(Cc2ccc(Oc3ccc(C)c(C)c3)cc2)C(=O)O)cc1. The molecule has 1 atom stereocenters. The van der Waals surface area contributed by atoms with Crippen LogP contribution in [-0.4, -0.2) is 18.2 Å². The lowest BCUT2D eigenvalue weighted by Crippen LogP contribution is -2.14. The van der Waals surface area contributed by atoms with Gasteiger partial charge in [0.25, 0.3) is 0 Å². The van der Waals surface area contributed by atoms with Crippen LogP contribution in [0.5, 0.6) is 17.2 Å². The van der Waals surface area contributed by atoms with Crippen LogP contribution in [-0.2, 0) is 11.2 Å². The summed E-state index contributed by atoms with van der Waals surface area (Å²) in [4.78, 5) is 11.8. The molecule has 0 saturated carbocycles. The van der Waals surface area contributed by atoms with Gasteiger partial charge in [-0.3, -0.25) is 4.79 Å². The molecule has 0 fully saturated rings. The lowest BCUT2D eigenvalue weighted by atomic mass is 9.92. The Balaban J connectivity index is 1.72. The fourth-order valence-corrected chi connectivity index (χ4v) is 3.03. The zero-order chi connectivity index (χ0) is 20.1. The molecule has 0 saturated heterocycles. The van der Waals surface area contributed by atoms with E-state index in [-0.39, 0.29) is 0 Å². The van der Waals surface area contributed by atoms with Crippen LogP contribution in [0.3, 0.4) is 0 Å². The summed E-state index contributed by atoms with van der Waals surface area (Å²) in [7, 11) is 1.59. The van der Waals surface area contributed by atoms with E-state index in [1.165, 1.54) is 11.1 Å². The van der Waals surface area contributed by atoms with Crippen LogP contribution in [0.25, 0.3) is 0 Å². The molecular formula is C24H24O4. The minimum Gasteiger partial charge on any atom is -0.497 e. The van der Waals surface area contributed by atoms with Gasteiger partial charge in [0, 0.05) is 0 Å². The maximum atomic E-state index is 11.8. The minimum atomic E-state index is -0.847. The highest BCUT2D eigenvalue weighted by Crippen LogP contribution is 2.27. The molecular weight excluding hydrogens is 352 g/mol. The number of hydrogen-bond donors (Lipinski definition) is 1. The number of aliphatic carboxylic acids is 1. The van der Waals surface area contributed by atoms with E-state index in [2.05, 4.69) is 13.8 Å². The van der Waals surface area contributed by atoms with Crippen molar-refractivity contribution in [2.24, 2.45) is 0 Å². The smallest absolute Gasteiger partial charge is 0.311 e. The molecule has 1 N–H and O–H groups in total. The molecule has 0 aromatic heterocycles. The van der Waals surface area contributed by atoms with Gasteiger partial charge in [-0.15, -0.1) is 0 Å². The Kier molecular flexibility index (Phi) is 5.99. The topological polar surface area (TPSA) is 55.8 Å². The second-order valence-corrected chi connectivity index (χ2v) is 6.86. The first-order valence-corrected chi connectivity index (χ1v) is 9.17. The van der Waals surface area contributed by atoms with Gasteiger partial charge in [-0.2, -0.15) is 0 Å². The summed E-state index contributed by atoms with van der Waals surface area (Å²) < 4.78 is 11.0. The Hall–Kier alpha value is -3.27. The molecule has 0 heterocycles. The molecule has 0 radical (unpaired) electrons. The molecule has 0 aliphatic rings. The highest BCUT2D eigenvalue weighted by atomic mass is 16.5. The standard InChI is InChI=1S/C24H24O4/c1-16-4-9-22(14-17(16)2)28-21-10-5-18(6-11-21)15-23(24(25)26)19-7-12-20(27-3)13-8-19/h4-14,23H,15H2,1-3H3,(H,25,26). The molecule has 144 valence electrons. The fourth-order valence-electron chi connectivity index (χ4n) is 3.03. The van der Waals surface area contributed by atoms with Crippen molar-refractivity contribution in [3.8, 4) is 17.2 Å². The third-order valence-corrected chi connectivity index (χ3v) is 4.89. The predicted molar refractivity (Wildman–Crippen MR) is 110 cm³/mol. The lowest BCUT2D eigenvalue weighted by Gasteiger charge is -2.14. The molecule has 3 aromatic carbocycles. The number of carboxylic acids is 1. The van der Waals surface area contributed by atoms with E-state index in [0.717, 1.165) is 22.6 Å².